The van der Waals surface area contributed by atoms with Crippen LogP contribution in [-0.4, -0.2) is 16.4 Å². The first-order valence-electron chi connectivity index (χ1n) is 5.12. The Bertz CT molecular complexity index is 454. The number of aryl methyl sites for hydroxylation is 1. The van der Waals surface area contributed by atoms with Gasteiger partial charge in [-0.1, -0.05) is 15.9 Å². The molecular formula is C12H13BrN2O. The number of hydrogen-bond donors (Lipinski definition) is 0. The van der Waals surface area contributed by atoms with Gasteiger partial charge in [0.05, 0.1) is 6.54 Å². The van der Waals surface area contributed by atoms with Gasteiger partial charge in [-0.3, -0.25) is 4.68 Å². The molecule has 1 aromatic heterocycles. The minimum absolute atomic E-state index is 0.628. The average molecular weight is 281 g/mol. The van der Waals surface area contributed by atoms with Crippen LogP contribution in [0.2, 0.25) is 0 Å². The third-order valence-corrected chi connectivity index (χ3v) is 3.17. The molecule has 0 atom stereocenters. The van der Waals surface area contributed by atoms with Crippen LogP contribution in [0.4, 0.5) is 0 Å². The molecular weight excluding hydrogens is 268 g/mol. The van der Waals surface area contributed by atoms with Crippen LogP contribution >= 0.6 is 15.9 Å². The fourth-order valence-electron chi connectivity index (χ4n) is 1.40. The first-order valence-corrected chi connectivity index (χ1v) is 5.91. The van der Waals surface area contributed by atoms with Gasteiger partial charge in [0.25, 0.3) is 0 Å². The number of hydrogen-bond acceptors (Lipinski definition) is 2. The predicted octanol–water partition coefficient (Wildman–Crippen LogP) is 3.03. The van der Waals surface area contributed by atoms with E-state index in [2.05, 4.69) is 21.0 Å². The Hall–Kier alpha value is -1.29. The van der Waals surface area contributed by atoms with Crippen molar-refractivity contribution >= 4 is 15.9 Å². The standard InChI is InChI=1S/C12H13BrN2O/c1-10-9-11(3-4-12(10)13)16-8-7-15-6-2-5-14-15/h2-6,9H,7-8H2,1H3. The van der Waals surface area contributed by atoms with E-state index in [0.717, 1.165) is 16.8 Å². The molecule has 0 fully saturated rings. The Morgan fingerprint density at radius 1 is 1.44 bits per heavy atom. The van der Waals surface area contributed by atoms with E-state index >= 15 is 0 Å². The SMILES string of the molecule is Cc1cc(OCCn2cccn2)ccc1Br. The molecule has 0 N–H and O–H groups in total. The van der Waals surface area contributed by atoms with Gasteiger partial charge in [0.15, 0.2) is 0 Å². The molecule has 0 radical (unpaired) electrons. The first kappa shape index (κ1) is 11.2. The second-order valence-corrected chi connectivity index (χ2v) is 4.38. The van der Waals surface area contributed by atoms with E-state index < -0.39 is 0 Å². The maximum Gasteiger partial charge on any atom is 0.119 e. The molecule has 0 saturated carbocycles. The van der Waals surface area contributed by atoms with Crippen molar-refractivity contribution in [2.45, 2.75) is 13.5 Å². The third-order valence-electron chi connectivity index (χ3n) is 2.28. The van der Waals surface area contributed by atoms with E-state index in [9.17, 15) is 0 Å². The highest BCUT2D eigenvalue weighted by Gasteiger charge is 1.98. The molecule has 2 rings (SSSR count). The van der Waals surface area contributed by atoms with Crippen LogP contribution in [0.15, 0.2) is 41.1 Å². The predicted molar refractivity (Wildman–Crippen MR) is 66.6 cm³/mol. The Balaban J connectivity index is 1.87. The fourth-order valence-corrected chi connectivity index (χ4v) is 1.64. The summed E-state index contributed by atoms with van der Waals surface area (Å²) in [5.41, 5.74) is 1.18. The van der Waals surface area contributed by atoms with Crippen LogP contribution in [0.5, 0.6) is 5.75 Å². The van der Waals surface area contributed by atoms with Gasteiger partial charge >= 0.3 is 0 Å². The highest BCUT2D eigenvalue weighted by atomic mass is 79.9. The summed E-state index contributed by atoms with van der Waals surface area (Å²) in [6.45, 7) is 3.44. The van der Waals surface area contributed by atoms with Crippen LogP contribution in [-0.2, 0) is 6.54 Å². The molecule has 0 amide bonds. The molecule has 0 aliphatic heterocycles. The lowest BCUT2D eigenvalue weighted by Crippen LogP contribution is -2.08. The van der Waals surface area contributed by atoms with Gasteiger partial charge in [0.1, 0.15) is 12.4 Å². The number of halogens is 1. The third kappa shape index (κ3) is 2.85. The van der Waals surface area contributed by atoms with E-state index in [1.165, 1.54) is 5.56 Å². The number of rotatable bonds is 4. The van der Waals surface area contributed by atoms with Crippen molar-refractivity contribution in [3.05, 3.63) is 46.7 Å². The monoisotopic (exact) mass is 280 g/mol. The summed E-state index contributed by atoms with van der Waals surface area (Å²) in [4.78, 5) is 0. The zero-order valence-electron chi connectivity index (χ0n) is 9.06. The van der Waals surface area contributed by atoms with Crippen molar-refractivity contribution in [1.29, 1.82) is 0 Å². The zero-order chi connectivity index (χ0) is 11.4. The molecule has 1 aromatic carbocycles. The van der Waals surface area contributed by atoms with Gasteiger partial charge in [-0.05, 0) is 36.8 Å². The largest absolute Gasteiger partial charge is 0.492 e. The van der Waals surface area contributed by atoms with Gasteiger partial charge in [-0.15, -0.1) is 0 Å². The highest BCUT2D eigenvalue weighted by Crippen LogP contribution is 2.21. The van der Waals surface area contributed by atoms with Crippen molar-refractivity contribution in [2.75, 3.05) is 6.61 Å². The fraction of sp³-hybridized carbons (Fsp3) is 0.250. The van der Waals surface area contributed by atoms with Gasteiger partial charge in [-0.2, -0.15) is 5.10 Å². The van der Waals surface area contributed by atoms with Crippen LogP contribution in [0.1, 0.15) is 5.56 Å². The summed E-state index contributed by atoms with van der Waals surface area (Å²) in [5, 5.41) is 4.11. The van der Waals surface area contributed by atoms with Crippen molar-refractivity contribution in [1.82, 2.24) is 9.78 Å². The van der Waals surface area contributed by atoms with E-state index in [0.29, 0.717) is 6.61 Å². The smallest absolute Gasteiger partial charge is 0.119 e. The Morgan fingerprint density at radius 3 is 3.00 bits per heavy atom. The summed E-state index contributed by atoms with van der Waals surface area (Å²) in [7, 11) is 0. The Labute approximate surface area is 103 Å². The molecule has 2 aromatic rings. The Morgan fingerprint density at radius 2 is 2.31 bits per heavy atom. The summed E-state index contributed by atoms with van der Waals surface area (Å²) >= 11 is 3.46. The van der Waals surface area contributed by atoms with Crippen molar-refractivity contribution < 1.29 is 4.74 Å². The molecule has 0 saturated heterocycles. The molecule has 0 spiro atoms. The van der Waals surface area contributed by atoms with Gasteiger partial charge in [-0.25, -0.2) is 0 Å². The van der Waals surface area contributed by atoms with Gasteiger partial charge < -0.3 is 4.74 Å². The normalized spacial score (nSPS) is 10.4. The molecule has 0 bridgehead atoms. The summed E-state index contributed by atoms with van der Waals surface area (Å²) < 4.78 is 8.59. The van der Waals surface area contributed by atoms with Crippen LogP contribution < -0.4 is 4.74 Å². The molecule has 1 heterocycles. The lowest BCUT2D eigenvalue weighted by Gasteiger charge is -2.07. The molecule has 4 heteroatoms. The topological polar surface area (TPSA) is 27.1 Å². The summed E-state index contributed by atoms with van der Waals surface area (Å²) in [6, 6.07) is 7.88. The molecule has 84 valence electrons. The van der Waals surface area contributed by atoms with Crippen LogP contribution in [0.25, 0.3) is 0 Å². The number of ether oxygens (including phenoxy) is 1. The second kappa shape index (κ2) is 5.16. The molecule has 0 aliphatic rings. The molecule has 0 aliphatic carbocycles. The number of aromatic nitrogens is 2. The average Bonchev–Trinajstić information content (AvgIpc) is 2.76. The first-order chi connectivity index (χ1) is 7.75. The lowest BCUT2D eigenvalue weighted by atomic mass is 10.2. The number of benzene rings is 1. The van der Waals surface area contributed by atoms with E-state index in [1.54, 1.807) is 6.20 Å². The van der Waals surface area contributed by atoms with E-state index in [4.69, 9.17) is 4.74 Å². The quantitative estimate of drug-likeness (QED) is 0.861. The molecule has 3 nitrogen and oxygen atoms in total. The minimum atomic E-state index is 0.628. The van der Waals surface area contributed by atoms with Crippen molar-refractivity contribution in [3.63, 3.8) is 0 Å². The van der Waals surface area contributed by atoms with E-state index in [1.807, 2.05) is 42.1 Å². The lowest BCUT2D eigenvalue weighted by molar-refractivity contribution is 0.291. The van der Waals surface area contributed by atoms with Crippen LogP contribution in [0, 0.1) is 6.92 Å². The van der Waals surface area contributed by atoms with E-state index in [-0.39, 0.29) is 0 Å². The second-order valence-electron chi connectivity index (χ2n) is 3.53. The van der Waals surface area contributed by atoms with Gasteiger partial charge in [0.2, 0.25) is 0 Å². The number of nitrogens with zero attached hydrogens (tertiary/aromatic N) is 2. The van der Waals surface area contributed by atoms with Crippen molar-refractivity contribution in [3.8, 4) is 5.75 Å². The summed E-state index contributed by atoms with van der Waals surface area (Å²) in [5.74, 6) is 0.896. The Kier molecular flexibility index (Phi) is 3.62. The molecule has 0 unspecified atom stereocenters. The van der Waals surface area contributed by atoms with Crippen LogP contribution in [0.3, 0.4) is 0 Å². The maximum absolute atomic E-state index is 5.63. The van der Waals surface area contributed by atoms with Gasteiger partial charge in [0, 0.05) is 16.9 Å². The summed E-state index contributed by atoms with van der Waals surface area (Å²) in [6.07, 6.45) is 3.69. The van der Waals surface area contributed by atoms with Crippen molar-refractivity contribution in [2.24, 2.45) is 0 Å². The minimum Gasteiger partial charge on any atom is -0.492 e. The zero-order valence-corrected chi connectivity index (χ0v) is 10.6. The highest BCUT2D eigenvalue weighted by molar-refractivity contribution is 9.10. The maximum atomic E-state index is 5.63. The molecule has 16 heavy (non-hydrogen) atoms.